The molecule has 150 valence electrons. The Labute approximate surface area is 173 Å². The Kier molecular flexibility index (Phi) is 7.77. The van der Waals surface area contributed by atoms with Crippen LogP contribution in [0.1, 0.15) is 27.9 Å². The average Bonchev–Trinajstić information content (AvgIpc) is 2.64. The monoisotopic (exact) mass is 467 g/mol. The molecule has 0 unspecified atom stereocenters. The predicted octanol–water partition coefficient (Wildman–Crippen LogP) is 3.03. The highest BCUT2D eigenvalue weighted by atomic mass is 79.9. The first-order valence-corrected chi connectivity index (χ1v) is 11.5. The van der Waals surface area contributed by atoms with E-state index in [4.69, 9.17) is 4.74 Å². The van der Waals surface area contributed by atoms with Crippen molar-refractivity contribution in [2.75, 3.05) is 12.0 Å². The largest absolute Gasteiger partial charge is 0.459 e. The summed E-state index contributed by atoms with van der Waals surface area (Å²) in [6.07, 6.45) is 1.01. The minimum absolute atomic E-state index is 0.0411. The summed E-state index contributed by atoms with van der Waals surface area (Å²) in [7, 11) is -3.30. The average molecular weight is 468 g/mol. The van der Waals surface area contributed by atoms with E-state index >= 15 is 0 Å². The van der Waals surface area contributed by atoms with Gasteiger partial charge >= 0.3 is 5.97 Å². The molecular formula is C20H22BrNO5S. The number of hydrogen-bond donors (Lipinski definition) is 1. The maximum Gasteiger partial charge on any atom is 0.329 e. The van der Waals surface area contributed by atoms with Gasteiger partial charge in [-0.1, -0.05) is 42.0 Å². The van der Waals surface area contributed by atoms with E-state index in [9.17, 15) is 18.0 Å². The standard InChI is InChI=1S/C20H22BrNO5S/c1-14-7-9-15(10-8-14)13-27-20(24)18(11-12-28(2,25)26)22-19(23)16-5-3-4-6-17(16)21/h3-10,18H,11-13H2,1-2H3,(H,22,23)/t18-/m1/s1. The fraction of sp³-hybridized carbons (Fsp3) is 0.300. The van der Waals surface area contributed by atoms with Crippen LogP contribution in [0, 0.1) is 6.92 Å². The van der Waals surface area contributed by atoms with E-state index in [2.05, 4.69) is 21.2 Å². The molecule has 1 amide bonds. The van der Waals surface area contributed by atoms with Gasteiger partial charge in [-0.3, -0.25) is 4.79 Å². The van der Waals surface area contributed by atoms with Gasteiger partial charge in [0, 0.05) is 10.7 Å². The fourth-order valence-electron chi connectivity index (χ4n) is 2.40. The van der Waals surface area contributed by atoms with Gasteiger partial charge in [-0.25, -0.2) is 13.2 Å². The Bertz CT molecular complexity index is 941. The molecule has 0 saturated heterocycles. The summed E-state index contributed by atoms with van der Waals surface area (Å²) < 4.78 is 28.9. The van der Waals surface area contributed by atoms with Crippen molar-refractivity contribution in [3.63, 3.8) is 0 Å². The molecule has 0 aliphatic rings. The Morgan fingerprint density at radius 2 is 1.75 bits per heavy atom. The Balaban J connectivity index is 2.08. The zero-order valence-corrected chi connectivity index (χ0v) is 18.0. The van der Waals surface area contributed by atoms with Crippen molar-refractivity contribution in [2.45, 2.75) is 26.0 Å². The van der Waals surface area contributed by atoms with E-state index in [-0.39, 0.29) is 18.8 Å². The molecule has 1 N–H and O–H groups in total. The number of amides is 1. The molecule has 2 aromatic rings. The Hall–Kier alpha value is -2.19. The van der Waals surface area contributed by atoms with Gasteiger partial charge in [0.2, 0.25) is 0 Å². The molecule has 2 aromatic carbocycles. The maximum absolute atomic E-state index is 12.5. The molecule has 0 bridgehead atoms. The van der Waals surface area contributed by atoms with Crippen molar-refractivity contribution in [1.82, 2.24) is 5.32 Å². The number of ether oxygens (including phenoxy) is 1. The molecular weight excluding hydrogens is 446 g/mol. The number of rotatable bonds is 8. The molecule has 0 radical (unpaired) electrons. The zero-order valence-electron chi connectivity index (χ0n) is 15.6. The molecule has 28 heavy (non-hydrogen) atoms. The molecule has 0 aromatic heterocycles. The lowest BCUT2D eigenvalue weighted by Crippen LogP contribution is -2.43. The summed E-state index contributed by atoms with van der Waals surface area (Å²) in [5, 5.41) is 2.58. The van der Waals surface area contributed by atoms with Crippen LogP contribution in [0.4, 0.5) is 0 Å². The van der Waals surface area contributed by atoms with Gasteiger partial charge in [0.05, 0.1) is 11.3 Å². The molecule has 0 aliphatic heterocycles. The Morgan fingerprint density at radius 3 is 2.36 bits per heavy atom. The molecule has 1 atom stereocenters. The number of carbonyl (C=O) groups excluding carboxylic acids is 2. The van der Waals surface area contributed by atoms with Gasteiger partial charge in [-0.2, -0.15) is 0 Å². The van der Waals surface area contributed by atoms with Crippen molar-refractivity contribution in [3.05, 3.63) is 69.7 Å². The molecule has 0 aliphatic carbocycles. The third kappa shape index (κ3) is 7.09. The highest BCUT2D eigenvalue weighted by molar-refractivity contribution is 9.10. The molecule has 0 fully saturated rings. The summed E-state index contributed by atoms with van der Waals surface area (Å²) in [6.45, 7) is 1.99. The summed E-state index contributed by atoms with van der Waals surface area (Å²) in [5.41, 5.74) is 2.23. The normalized spacial score (nSPS) is 12.2. The quantitative estimate of drug-likeness (QED) is 0.602. The second kappa shape index (κ2) is 9.84. The van der Waals surface area contributed by atoms with Gasteiger partial charge in [0.25, 0.3) is 5.91 Å². The van der Waals surface area contributed by atoms with E-state index in [1.54, 1.807) is 24.3 Å². The minimum atomic E-state index is -3.30. The molecule has 6 nitrogen and oxygen atoms in total. The van der Waals surface area contributed by atoms with Crippen LogP contribution < -0.4 is 5.32 Å². The molecule has 0 saturated carbocycles. The van der Waals surface area contributed by atoms with Gasteiger partial charge < -0.3 is 10.1 Å². The lowest BCUT2D eigenvalue weighted by molar-refractivity contribution is -0.147. The van der Waals surface area contributed by atoms with Crippen LogP contribution in [0.2, 0.25) is 0 Å². The van der Waals surface area contributed by atoms with Crippen molar-refractivity contribution < 1.29 is 22.7 Å². The number of aryl methyl sites for hydroxylation is 1. The molecule has 0 heterocycles. The number of nitrogens with one attached hydrogen (secondary N) is 1. The number of carbonyl (C=O) groups is 2. The van der Waals surface area contributed by atoms with E-state index < -0.39 is 27.8 Å². The highest BCUT2D eigenvalue weighted by Crippen LogP contribution is 2.16. The zero-order chi connectivity index (χ0) is 20.7. The summed E-state index contributed by atoms with van der Waals surface area (Å²) in [5.74, 6) is -1.41. The summed E-state index contributed by atoms with van der Waals surface area (Å²) in [6, 6.07) is 13.2. The highest BCUT2D eigenvalue weighted by Gasteiger charge is 2.25. The SMILES string of the molecule is Cc1ccc(COC(=O)[C@@H](CCS(C)(=O)=O)NC(=O)c2ccccc2Br)cc1. The van der Waals surface area contributed by atoms with Crippen LogP contribution in [0.3, 0.4) is 0 Å². The number of benzene rings is 2. The molecule has 2 rings (SSSR count). The van der Waals surface area contributed by atoms with E-state index in [1.165, 1.54) is 0 Å². The lowest BCUT2D eigenvalue weighted by Gasteiger charge is -2.18. The predicted molar refractivity (Wildman–Crippen MR) is 111 cm³/mol. The number of hydrogen-bond acceptors (Lipinski definition) is 5. The first-order valence-electron chi connectivity index (χ1n) is 8.61. The number of esters is 1. The maximum atomic E-state index is 12.5. The first-order chi connectivity index (χ1) is 13.2. The molecule has 0 spiro atoms. The van der Waals surface area contributed by atoms with E-state index in [0.717, 1.165) is 17.4 Å². The lowest BCUT2D eigenvalue weighted by atomic mass is 10.1. The molecule has 8 heteroatoms. The Morgan fingerprint density at radius 1 is 1.11 bits per heavy atom. The van der Waals surface area contributed by atoms with Crippen molar-refractivity contribution in [3.8, 4) is 0 Å². The van der Waals surface area contributed by atoms with Gasteiger partial charge in [-0.15, -0.1) is 0 Å². The second-order valence-electron chi connectivity index (χ2n) is 6.52. The van der Waals surface area contributed by atoms with Crippen LogP contribution >= 0.6 is 15.9 Å². The fourth-order valence-corrected chi connectivity index (χ4v) is 3.53. The van der Waals surface area contributed by atoms with E-state index in [0.29, 0.717) is 10.0 Å². The third-order valence-corrected chi connectivity index (χ3v) is 5.66. The van der Waals surface area contributed by atoms with Crippen LogP contribution in [0.25, 0.3) is 0 Å². The van der Waals surface area contributed by atoms with Crippen LogP contribution in [-0.4, -0.2) is 38.3 Å². The van der Waals surface area contributed by atoms with Crippen LogP contribution in [0.5, 0.6) is 0 Å². The summed E-state index contributed by atoms with van der Waals surface area (Å²) >= 11 is 3.29. The minimum Gasteiger partial charge on any atom is -0.459 e. The van der Waals surface area contributed by atoms with Gasteiger partial charge in [-0.05, 0) is 47.0 Å². The van der Waals surface area contributed by atoms with Gasteiger partial charge in [0.1, 0.15) is 22.5 Å². The first kappa shape index (κ1) is 22.1. The topological polar surface area (TPSA) is 89.5 Å². The van der Waals surface area contributed by atoms with Crippen LogP contribution in [-0.2, 0) is 26.0 Å². The number of halogens is 1. The van der Waals surface area contributed by atoms with Crippen molar-refractivity contribution >= 4 is 37.6 Å². The third-order valence-electron chi connectivity index (χ3n) is 3.99. The second-order valence-corrected chi connectivity index (χ2v) is 9.63. The van der Waals surface area contributed by atoms with Crippen molar-refractivity contribution in [1.29, 1.82) is 0 Å². The summed E-state index contributed by atoms with van der Waals surface area (Å²) in [4.78, 5) is 25.0. The number of sulfone groups is 1. The van der Waals surface area contributed by atoms with Crippen molar-refractivity contribution in [2.24, 2.45) is 0 Å². The smallest absolute Gasteiger partial charge is 0.329 e. The van der Waals surface area contributed by atoms with Gasteiger partial charge in [0.15, 0.2) is 0 Å². The van der Waals surface area contributed by atoms with Crippen LogP contribution in [0.15, 0.2) is 53.0 Å². The van der Waals surface area contributed by atoms with E-state index in [1.807, 2.05) is 31.2 Å².